The molecule has 0 N–H and O–H groups in total. The van der Waals surface area contributed by atoms with Gasteiger partial charge in [-0.05, 0) is 13.8 Å². The maximum atomic E-state index is 11.6. The second kappa shape index (κ2) is 10.6. The predicted octanol–water partition coefficient (Wildman–Crippen LogP) is 2.03. The van der Waals surface area contributed by atoms with E-state index in [1.54, 1.807) is 12.4 Å². The van der Waals surface area contributed by atoms with E-state index in [2.05, 4.69) is 24.1 Å². The van der Waals surface area contributed by atoms with Gasteiger partial charge in [-0.3, -0.25) is 4.79 Å². The lowest BCUT2D eigenvalue weighted by Crippen LogP contribution is -2.33. The first kappa shape index (κ1) is 18.8. The van der Waals surface area contributed by atoms with Crippen molar-refractivity contribution in [3.63, 3.8) is 0 Å². The van der Waals surface area contributed by atoms with Gasteiger partial charge in [-0.1, -0.05) is 30.0 Å². The van der Waals surface area contributed by atoms with Crippen LogP contribution in [0.2, 0.25) is 0 Å². The van der Waals surface area contributed by atoms with Crippen LogP contribution in [0.15, 0.2) is 12.4 Å². The number of rotatable bonds is 6. The van der Waals surface area contributed by atoms with E-state index in [4.69, 9.17) is 4.74 Å². The monoisotopic (exact) mass is 299 g/mol. The van der Waals surface area contributed by atoms with Crippen molar-refractivity contribution >= 4 is 26.5 Å². The largest absolute Gasteiger partial charge is 0.466 e. The summed E-state index contributed by atoms with van der Waals surface area (Å²) >= 11 is 0. The SMILES string of the molecule is CC.CCOC(=O)C(C)CN(CC)c1cnc(P)nc1. The first-order valence-corrected chi connectivity index (χ1v) is 7.65. The van der Waals surface area contributed by atoms with Crippen molar-refractivity contribution in [1.29, 1.82) is 0 Å². The Bertz CT molecular complexity index is 385. The molecule has 2 atom stereocenters. The zero-order valence-electron chi connectivity index (χ0n) is 13.1. The van der Waals surface area contributed by atoms with Gasteiger partial charge < -0.3 is 9.64 Å². The van der Waals surface area contributed by atoms with Crippen molar-refractivity contribution in [3.05, 3.63) is 12.4 Å². The van der Waals surface area contributed by atoms with E-state index in [-0.39, 0.29) is 11.9 Å². The van der Waals surface area contributed by atoms with Crippen LogP contribution in [0.4, 0.5) is 5.69 Å². The summed E-state index contributed by atoms with van der Waals surface area (Å²) in [7, 11) is 2.45. The van der Waals surface area contributed by atoms with Crippen molar-refractivity contribution in [2.75, 3.05) is 24.6 Å². The van der Waals surface area contributed by atoms with Crippen molar-refractivity contribution < 1.29 is 9.53 Å². The molecule has 0 spiro atoms. The fourth-order valence-corrected chi connectivity index (χ4v) is 1.75. The minimum atomic E-state index is -0.167. The topological polar surface area (TPSA) is 55.3 Å². The van der Waals surface area contributed by atoms with Crippen LogP contribution in [0.3, 0.4) is 0 Å². The van der Waals surface area contributed by atoms with Crippen LogP contribution in [0.25, 0.3) is 0 Å². The highest BCUT2D eigenvalue weighted by atomic mass is 31.0. The molecule has 6 heteroatoms. The van der Waals surface area contributed by atoms with Crippen LogP contribution in [-0.4, -0.2) is 35.6 Å². The lowest BCUT2D eigenvalue weighted by Gasteiger charge is -2.25. The molecule has 0 aromatic carbocycles. The predicted molar refractivity (Wildman–Crippen MR) is 86.4 cm³/mol. The summed E-state index contributed by atoms with van der Waals surface area (Å²) in [6.45, 7) is 11.5. The van der Waals surface area contributed by atoms with Gasteiger partial charge in [-0.2, -0.15) is 0 Å². The number of esters is 1. The summed E-state index contributed by atoms with van der Waals surface area (Å²) < 4.78 is 5.00. The first-order valence-electron chi connectivity index (χ1n) is 7.07. The second-order valence-corrected chi connectivity index (χ2v) is 4.51. The number of hydrogen-bond acceptors (Lipinski definition) is 5. The highest BCUT2D eigenvalue weighted by Crippen LogP contribution is 2.13. The van der Waals surface area contributed by atoms with Crippen LogP contribution in [0, 0.1) is 5.92 Å². The molecule has 1 heterocycles. The zero-order valence-corrected chi connectivity index (χ0v) is 14.2. The van der Waals surface area contributed by atoms with Gasteiger partial charge in [0.05, 0.1) is 30.6 Å². The Hall–Kier alpha value is -1.22. The van der Waals surface area contributed by atoms with E-state index in [0.717, 1.165) is 12.2 Å². The number of ether oxygens (including phenoxy) is 1. The molecule has 20 heavy (non-hydrogen) atoms. The Morgan fingerprint density at radius 3 is 2.35 bits per heavy atom. The summed E-state index contributed by atoms with van der Waals surface area (Å²) in [4.78, 5) is 21.9. The fourth-order valence-electron chi connectivity index (χ4n) is 1.60. The van der Waals surface area contributed by atoms with Crippen LogP contribution < -0.4 is 10.5 Å². The molecule has 0 aliphatic rings. The minimum absolute atomic E-state index is 0.166. The number of anilines is 1. The van der Waals surface area contributed by atoms with Crippen LogP contribution in [0.5, 0.6) is 0 Å². The summed E-state index contributed by atoms with van der Waals surface area (Å²) in [5.74, 6) is -0.333. The summed E-state index contributed by atoms with van der Waals surface area (Å²) in [6.07, 6.45) is 3.52. The smallest absolute Gasteiger partial charge is 0.310 e. The molecule has 0 amide bonds. The lowest BCUT2D eigenvalue weighted by molar-refractivity contribution is -0.147. The Morgan fingerprint density at radius 2 is 1.90 bits per heavy atom. The molecule has 0 bridgehead atoms. The number of hydrogen-bond donors (Lipinski definition) is 0. The van der Waals surface area contributed by atoms with Gasteiger partial charge in [0, 0.05) is 13.1 Å². The molecule has 0 fully saturated rings. The van der Waals surface area contributed by atoms with E-state index in [1.165, 1.54) is 0 Å². The molecule has 5 nitrogen and oxygen atoms in total. The molecule has 1 aromatic heterocycles. The number of aromatic nitrogens is 2. The number of carbonyl (C=O) groups excluding carboxylic acids is 1. The van der Waals surface area contributed by atoms with Gasteiger partial charge in [0.25, 0.3) is 0 Å². The fraction of sp³-hybridized carbons (Fsp3) is 0.643. The van der Waals surface area contributed by atoms with Crippen molar-refractivity contribution in [3.8, 4) is 0 Å². The molecule has 0 aliphatic carbocycles. The van der Waals surface area contributed by atoms with E-state index in [0.29, 0.717) is 18.7 Å². The van der Waals surface area contributed by atoms with E-state index >= 15 is 0 Å². The molecular formula is C14H26N3O2P. The van der Waals surface area contributed by atoms with Gasteiger partial charge >= 0.3 is 5.97 Å². The number of nitrogens with zero attached hydrogens (tertiary/aromatic N) is 3. The summed E-state index contributed by atoms with van der Waals surface area (Å²) in [5, 5.41) is 0. The van der Waals surface area contributed by atoms with Gasteiger partial charge in [0.1, 0.15) is 5.57 Å². The Labute approximate surface area is 124 Å². The first-order chi connectivity index (χ1) is 9.58. The van der Waals surface area contributed by atoms with Crippen molar-refractivity contribution in [1.82, 2.24) is 9.97 Å². The zero-order chi connectivity index (χ0) is 15.5. The van der Waals surface area contributed by atoms with Gasteiger partial charge in [0.2, 0.25) is 0 Å². The molecule has 114 valence electrons. The molecule has 1 aromatic rings. The van der Waals surface area contributed by atoms with Crippen LogP contribution in [-0.2, 0) is 9.53 Å². The number of carbonyl (C=O) groups is 1. The van der Waals surface area contributed by atoms with Crippen LogP contribution in [0.1, 0.15) is 34.6 Å². The lowest BCUT2D eigenvalue weighted by atomic mass is 10.1. The van der Waals surface area contributed by atoms with Crippen molar-refractivity contribution in [2.24, 2.45) is 5.92 Å². The molecule has 0 saturated heterocycles. The Kier molecular flexibility index (Phi) is 9.91. The maximum Gasteiger partial charge on any atom is 0.310 e. The maximum absolute atomic E-state index is 11.6. The highest BCUT2D eigenvalue weighted by Gasteiger charge is 2.18. The highest BCUT2D eigenvalue weighted by molar-refractivity contribution is 7.26. The average Bonchev–Trinajstić information content (AvgIpc) is 2.48. The average molecular weight is 299 g/mol. The third kappa shape index (κ3) is 6.29. The van der Waals surface area contributed by atoms with E-state index in [9.17, 15) is 4.79 Å². The van der Waals surface area contributed by atoms with Crippen LogP contribution >= 0.6 is 9.24 Å². The van der Waals surface area contributed by atoms with Crippen molar-refractivity contribution in [2.45, 2.75) is 34.6 Å². The minimum Gasteiger partial charge on any atom is -0.466 e. The summed E-state index contributed by atoms with van der Waals surface area (Å²) in [6, 6.07) is 0. The standard InChI is InChI=1S/C12H20N3O2P.C2H6/c1-4-15(8-9(3)11(16)17-5-2)10-6-13-12(18)14-7-10;1-2/h6-7,9H,4-5,8,18H2,1-3H3;1-2H3. The third-order valence-corrected chi connectivity index (χ3v) is 2.89. The third-order valence-electron chi connectivity index (χ3n) is 2.59. The Balaban J connectivity index is 0.00000172. The Morgan fingerprint density at radius 1 is 1.35 bits per heavy atom. The normalized spacial score (nSPS) is 11.1. The molecule has 1 rings (SSSR count). The summed E-state index contributed by atoms with van der Waals surface area (Å²) in [5.41, 5.74) is 1.58. The van der Waals surface area contributed by atoms with Gasteiger partial charge in [-0.25, -0.2) is 9.97 Å². The van der Waals surface area contributed by atoms with E-state index < -0.39 is 0 Å². The molecule has 0 saturated carbocycles. The second-order valence-electron chi connectivity index (χ2n) is 3.99. The molecular weight excluding hydrogens is 273 g/mol. The van der Waals surface area contributed by atoms with E-state index in [1.807, 2.05) is 34.6 Å². The molecule has 0 aliphatic heterocycles. The van der Waals surface area contributed by atoms with Gasteiger partial charge in [0.15, 0.2) is 0 Å². The quantitative estimate of drug-likeness (QED) is 0.594. The molecule has 0 radical (unpaired) electrons. The molecule has 2 unspecified atom stereocenters. The van der Waals surface area contributed by atoms with Gasteiger partial charge in [-0.15, -0.1) is 0 Å².